The predicted molar refractivity (Wildman–Crippen MR) is 94.0 cm³/mol. The lowest BCUT2D eigenvalue weighted by Gasteiger charge is -2.16. The molecule has 142 valence electrons. The second-order valence-electron chi connectivity index (χ2n) is 6.00. The Morgan fingerprint density at radius 3 is 2.19 bits per heavy atom. The van der Waals surface area contributed by atoms with E-state index in [1.54, 1.807) is 0 Å². The summed E-state index contributed by atoms with van der Waals surface area (Å²) in [6, 6.07) is 13.4. The molecule has 0 aliphatic carbocycles. The molecule has 0 aromatic heterocycles. The van der Waals surface area contributed by atoms with E-state index >= 15 is 0 Å². The number of hydrogen-bond acceptors (Lipinski definition) is 3. The van der Waals surface area contributed by atoms with Crippen LogP contribution < -0.4 is 4.72 Å². The minimum absolute atomic E-state index is 0.178. The van der Waals surface area contributed by atoms with Crippen molar-refractivity contribution in [3.8, 4) is 0 Å². The fourth-order valence-corrected chi connectivity index (χ4v) is 3.51. The molecule has 0 saturated carbocycles. The van der Waals surface area contributed by atoms with E-state index in [0.717, 1.165) is 30.8 Å². The molecular formula is C18H21F3N2O2S. The fourth-order valence-electron chi connectivity index (χ4n) is 2.44. The molecule has 2 rings (SSSR count). The second-order valence-corrected chi connectivity index (χ2v) is 7.76. The van der Waals surface area contributed by atoms with Crippen LogP contribution in [0.5, 0.6) is 0 Å². The van der Waals surface area contributed by atoms with Gasteiger partial charge in [-0.2, -0.15) is 13.2 Å². The molecule has 0 amide bonds. The van der Waals surface area contributed by atoms with E-state index in [2.05, 4.69) is 9.62 Å². The number of sulfonamides is 1. The molecule has 0 aliphatic heterocycles. The molecule has 2 aromatic carbocycles. The fraction of sp³-hybridized carbons (Fsp3) is 0.333. The summed E-state index contributed by atoms with van der Waals surface area (Å²) in [5.41, 5.74) is 0.291. The molecular weight excluding hydrogens is 365 g/mol. The molecule has 0 heterocycles. The Kier molecular flexibility index (Phi) is 6.80. The van der Waals surface area contributed by atoms with Gasteiger partial charge in [-0.1, -0.05) is 30.3 Å². The van der Waals surface area contributed by atoms with Gasteiger partial charge >= 0.3 is 6.18 Å². The van der Waals surface area contributed by atoms with Crippen LogP contribution in [-0.2, 0) is 22.7 Å². The van der Waals surface area contributed by atoms with Crippen LogP contribution in [0.25, 0.3) is 0 Å². The molecule has 0 aliphatic rings. The van der Waals surface area contributed by atoms with Gasteiger partial charge in [-0.3, -0.25) is 0 Å². The zero-order chi connectivity index (χ0) is 19.2. The van der Waals surface area contributed by atoms with E-state index in [9.17, 15) is 21.6 Å². The van der Waals surface area contributed by atoms with Crippen LogP contribution in [0.1, 0.15) is 17.5 Å². The maximum Gasteiger partial charge on any atom is 0.416 e. The van der Waals surface area contributed by atoms with Crippen LogP contribution in [0, 0.1) is 0 Å². The van der Waals surface area contributed by atoms with Crippen molar-refractivity contribution in [1.82, 2.24) is 9.62 Å². The first-order valence-corrected chi connectivity index (χ1v) is 9.56. The smallest absolute Gasteiger partial charge is 0.302 e. The maximum absolute atomic E-state index is 12.5. The molecule has 8 heteroatoms. The second kappa shape index (κ2) is 8.66. The number of hydrogen-bond donors (Lipinski definition) is 1. The number of halogens is 3. The van der Waals surface area contributed by atoms with Crippen molar-refractivity contribution < 1.29 is 21.6 Å². The number of nitrogens with one attached hydrogen (secondary N) is 1. The monoisotopic (exact) mass is 386 g/mol. The largest absolute Gasteiger partial charge is 0.416 e. The average molecular weight is 386 g/mol. The zero-order valence-corrected chi connectivity index (χ0v) is 15.1. The summed E-state index contributed by atoms with van der Waals surface area (Å²) in [6.45, 7) is 1.65. The van der Waals surface area contributed by atoms with Gasteiger partial charge in [-0.25, -0.2) is 13.1 Å². The van der Waals surface area contributed by atoms with E-state index in [-0.39, 0.29) is 11.4 Å². The molecule has 0 atom stereocenters. The maximum atomic E-state index is 12.5. The van der Waals surface area contributed by atoms with Crippen molar-refractivity contribution in [1.29, 1.82) is 0 Å². The first-order valence-electron chi connectivity index (χ1n) is 8.08. The minimum Gasteiger partial charge on any atom is -0.302 e. The Bertz CT molecular complexity index is 791. The molecule has 1 N–H and O–H groups in total. The Hall–Kier alpha value is -1.90. The summed E-state index contributed by atoms with van der Waals surface area (Å²) in [5.74, 6) is 0. The van der Waals surface area contributed by atoms with Crippen molar-refractivity contribution in [3.63, 3.8) is 0 Å². The Morgan fingerprint density at radius 2 is 1.62 bits per heavy atom. The molecule has 0 radical (unpaired) electrons. The normalized spacial score (nSPS) is 12.5. The van der Waals surface area contributed by atoms with Gasteiger partial charge in [0.15, 0.2) is 0 Å². The summed E-state index contributed by atoms with van der Waals surface area (Å²) in [5, 5.41) is 0. The van der Waals surface area contributed by atoms with Gasteiger partial charge in [0.1, 0.15) is 0 Å². The summed E-state index contributed by atoms with van der Waals surface area (Å²) in [4.78, 5) is 1.89. The molecule has 0 bridgehead atoms. The van der Waals surface area contributed by atoms with Gasteiger partial charge in [-0.15, -0.1) is 0 Å². The number of rotatable bonds is 8. The molecule has 0 saturated heterocycles. The number of nitrogens with zero attached hydrogens (tertiary/aromatic N) is 1. The lowest BCUT2D eigenvalue weighted by atomic mass is 10.2. The van der Waals surface area contributed by atoms with Crippen molar-refractivity contribution in [2.45, 2.75) is 24.0 Å². The summed E-state index contributed by atoms with van der Waals surface area (Å²) >= 11 is 0. The standard InChI is InChI=1S/C18H21F3N2O2S/c1-23(14-15-6-3-2-4-7-15)13-5-12-22-26(24,25)17-10-8-16(9-11-17)18(19,20)21/h2-4,6-11,22H,5,12-14H2,1H3. The summed E-state index contributed by atoms with van der Waals surface area (Å²) < 4.78 is 64.2. The van der Waals surface area contributed by atoms with Gasteiger partial charge in [-0.05, 0) is 49.8 Å². The number of alkyl halides is 3. The molecule has 4 nitrogen and oxygen atoms in total. The average Bonchev–Trinajstić information content (AvgIpc) is 2.59. The third-order valence-corrected chi connectivity index (χ3v) is 5.27. The van der Waals surface area contributed by atoms with Crippen LogP contribution >= 0.6 is 0 Å². The highest BCUT2D eigenvalue weighted by atomic mass is 32.2. The lowest BCUT2D eigenvalue weighted by molar-refractivity contribution is -0.137. The van der Waals surface area contributed by atoms with E-state index in [1.165, 1.54) is 5.56 Å². The lowest BCUT2D eigenvalue weighted by Crippen LogP contribution is -2.28. The van der Waals surface area contributed by atoms with Crippen molar-refractivity contribution in [2.75, 3.05) is 20.1 Å². The quantitative estimate of drug-likeness (QED) is 0.707. The zero-order valence-electron chi connectivity index (χ0n) is 14.3. The third kappa shape index (κ3) is 6.12. The SMILES string of the molecule is CN(CCCNS(=O)(=O)c1ccc(C(F)(F)F)cc1)Cc1ccccc1. The Morgan fingerprint density at radius 1 is 1.00 bits per heavy atom. The van der Waals surface area contributed by atoms with Gasteiger partial charge in [0, 0.05) is 13.1 Å². The van der Waals surface area contributed by atoms with Crippen LogP contribution in [0.2, 0.25) is 0 Å². The third-order valence-electron chi connectivity index (χ3n) is 3.80. The van der Waals surface area contributed by atoms with Crippen LogP contribution in [0.4, 0.5) is 13.2 Å². The van der Waals surface area contributed by atoms with E-state index in [4.69, 9.17) is 0 Å². The van der Waals surface area contributed by atoms with Gasteiger partial charge in [0.2, 0.25) is 10.0 Å². The molecule has 0 spiro atoms. The molecule has 0 unspecified atom stereocenters. The molecule has 26 heavy (non-hydrogen) atoms. The number of benzene rings is 2. The Balaban J connectivity index is 1.81. The summed E-state index contributed by atoms with van der Waals surface area (Å²) in [7, 11) is -1.87. The first kappa shape index (κ1) is 20.4. The van der Waals surface area contributed by atoms with E-state index in [1.807, 2.05) is 37.4 Å². The predicted octanol–water partition coefficient (Wildman–Crippen LogP) is 3.51. The summed E-state index contributed by atoms with van der Waals surface area (Å²) in [6.07, 6.45) is -3.90. The van der Waals surface area contributed by atoms with Gasteiger partial charge in [0.05, 0.1) is 10.5 Å². The van der Waals surface area contributed by atoms with Crippen LogP contribution in [0.15, 0.2) is 59.5 Å². The topological polar surface area (TPSA) is 49.4 Å². The molecule has 2 aromatic rings. The first-order chi connectivity index (χ1) is 12.2. The van der Waals surface area contributed by atoms with E-state index in [0.29, 0.717) is 13.0 Å². The minimum atomic E-state index is -4.49. The van der Waals surface area contributed by atoms with Gasteiger partial charge < -0.3 is 4.90 Å². The molecule has 0 fully saturated rings. The van der Waals surface area contributed by atoms with Crippen molar-refractivity contribution in [2.24, 2.45) is 0 Å². The van der Waals surface area contributed by atoms with E-state index < -0.39 is 21.8 Å². The highest BCUT2D eigenvalue weighted by Crippen LogP contribution is 2.29. The van der Waals surface area contributed by atoms with Crippen molar-refractivity contribution >= 4 is 10.0 Å². The van der Waals surface area contributed by atoms with Crippen LogP contribution in [-0.4, -0.2) is 33.5 Å². The van der Waals surface area contributed by atoms with Crippen molar-refractivity contribution in [3.05, 3.63) is 65.7 Å². The highest BCUT2D eigenvalue weighted by Gasteiger charge is 2.30. The highest BCUT2D eigenvalue weighted by molar-refractivity contribution is 7.89. The van der Waals surface area contributed by atoms with Crippen LogP contribution in [0.3, 0.4) is 0 Å². The van der Waals surface area contributed by atoms with Gasteiger partial charge in [0.25, 0.3) is 0 Å². The Labute approximate surface area is 151 Å².